The first kappa shape index (κ1) is 8.40. The molecule has 2 rings (SSSR count). The van der Waals surface area contributed by atoms with E-state index in [-0.39, 0.29) is 38.5 Å². The predicted octanol–water partition coefficient (Wildman–Crippen LogP) is -0.907. The smallest absolute Gasteiger partial charge is 0.147 e. The van der Waals surface area contributed by atoms with Crippen LogP contribution in [0.1, 0.15) is 0 Å². The van der Waals surface area contributed by atoms with Crippen LogP contribution in [-0.4, -0.2) is 50.2 Å². The average molecular weight is 176 g/mol. The first-order valence-corrected chi connectivity index (χ1v) is 3.95. The van der Waals surface area contributed by atoms with Gasteiger partial charge in [-0.15, -0.1) is 0 Å². The van der Waals surface area contributed by atoms with Crippen LogP contribution in [0.3, 0.4) is 0 Å². The van der Waals surface area contributed by atoms with Crippen molar-refractivity contribution in [2.75, 3.05) is 26.8 Å². The van der Waals surface area contributed by atoms with Gasteiger partial charge in [-0.1, -0.05) is 0 Å². The molecule has 5 heteroatoms. The summed E-state index contributed by atoms with van der Waals surface area (Å²) in [7, 11) is 0. The number of aliphatic hydroxyl groups is 1. The van der Waals surface area contributed by atoms with Crippen molar-refractivity contribution in [3.8, 4) is 0 Å². The van der Waals surface area contributed by atoms with Gasteiger partial charge in [0.15, 0.2) is 0 Å². The molecule has 0 aromatic heterocycles. The fourth-order valence-corrected chi connectivity index (χ4v) is 1.45. The summed E-state index contributed by atoms with van der Waals surface area (Å²) in [5.41, 5.74) is 0. The van der Waals surface area contributed by atoms with E-state index in [9.17, 15) is 0 Å². The van der Waals surface area contributed by atoms with Crippen LogP contribution in [0.4, 0.5) is 0 Å². The number of ether oxygens (including phenoxy) is 4. The van der Waals surface area contributed by atoms with E-state index in [1.54, 1.807) is 0 Å². The zero-order valence-electron chi connectivity index (χ0n) is 6.64. The standard InChI is InChI=1S/C7H12O5/c8-1-5-7-6(11-4-10-5)2-9-3-12-7/h5-8H,1-4H2/t5-,6-,7-/m1/s1. The second-order valence-corrected chi connectivity index (χ2v) is 2.83. The van der Waals surface area contributed by atoms with Gasteiger partial charge in [0.1, 0.15) is 31.9 Å². The Hall–Kier alpha value is -0.200. The lowest BCUT2D eigenvalue weighted by Gasteiger charge is -2.39. The highest BCUT2D eigenvalue weighted by Crippen LogP contribution is 2.20. The molecule has 5 nitrogen and oxygen atoms in total. The summed E-state index contributed by atoms with van der Waals surface area (Å²) >= 11 is 0. The van der Waals surface area contributed by atoms with Gasteiger partial charge in [-0.2, -0.15) is 0 Å². The van der Waals surface area contributed by atoms with Gasteiger partial charge in [0.2, 0.25) is 0 Å². The van der Waals surface area contributed by atoms with Gasteiger partial charge in [-0.3, -0.25) is 0 Å². The first-order chi connectivity index (χ1) is 5.92. The molecule has 3 atom stereocenters. The molecule has 2 aliphatic rings. The van der Waals surface area contributed by atoms with Crippen LogP contribution >= 0.6 is 0 Å². The fraction of sp³-hybridized carbons (Fsp3) is 1.00. The Kier molecular flexibility index (Phi) is 2.57. The van der Waals surface area contributed by atoms with Crippen molar-refractivity contribution < 1.29 is 24.1 Å². The number of hydrogen-bond donors (Lipinski definition) is 1. The van der Waals surface area contributed by atoms with Gasteiger partial charge < -0.3 is 24.1 Å². The van der Waals surface area contributed by atoms with Crippen molar-refractivity contribution in [3.05, 3.63) is 0 Å². The lowest BCUT2D eigenvalue weighted by atomic mass is 10.1. The van der Waals surface area contributed by atoms with E-state index in [1.165, 1.54) is 0 Å². The number of fused-ring (bicyclic) bond motifs is 1. The van der Waals surface area contributed by atoms with Crippen LogP contribution in [0.5, 0.6) is 0 Å². The van der Waals surface area contributed by atoms with Gasteiger partial charge in [0, 0.05) is 0 Å². The van der Waals surface area contributed by atoms with Crippen molar-refractivity contribution in [2.24, 2.45) is 0 Å². The monoisotopic (exact) mass is 176 g/mol. The molecule has 2 saturated heterocycles. The third-order valence-electron chi connectivity index (χ3n) is 2.10. The van der Waals surface area contributed by atoms with Crippen LogP contribution in [0.25, 0.3) is 0 Å². The zero-order valence-corrected chi connectivity index (χ0v) is 6.64. The van der Waals surface area contributed by atoms with Crippen molar-refractivity contribution >= 4 is 0 Å². The van der Waals surface area contributed by atoms with E-state index in [2.05, 4.69) is 0 Å². The Balaban J connectivity index is 1.99. The molecule has 0 aliphatic carbocycles. The molecule has 70 valence electrons. The topological polar surface area (TPSA) is 57.2 Å². The van der Waals surface area contributed by atoms with Crippen LogP contribution in [0.15, 0.2) is 0 Å². The van der Waals surface area contributed by atoms with Crippen molar-refractivity contribution in [1.82, 2.24) is 0 Å². The third kappa shape index (κ3) is 1.46. The highest BCUT2D eigenvalue weighted by molar-refractivity contribution is 4.82. The van der Waals surface area contributed by atoms with E-state index in [4.69, 9.17) is 24.1 Å². The minimum absolute atomic E-state index is 0.0372. The van der Waals surface area contributed by atoms with Crippen molar-refractivity contribution in [2.45, 2.75) is 18.3 Å². The van der Waals surface area contributed by atoms with Gasteiger partial charge in [-0.05, 0) is 0 Å². The molecular weight excluding hydrogens is 164 g/mol. The first-order valence-electron chi connectivity index (χ1n) is 3.95. The number of hydrogen-bond acceptors (Lipinski definition) is 5. The summed E-state index contributed by atoms with van der Waals surface area (Å²) in [4.78, 5) is 0. The molecule has 0 unspecified atom stereocenters. The maximum absolute atomic E-state index is 8.93. The lowest BCUT2D eigenvalue weighted by molar-refractivity contribution is -0.304. The maximum Gasteiger partial charge on any atom is 0.147 e. The minimum atomic E-state index is -0.271. The van der Waals surface area contributed by atoms with E-state index in [1.807, 2.05) is 0 Å². The molecule has 0 radical (unpaired) electrons. The molecular formula is C7H12O5. The quantitative estimate of drug-likeness (QED) is 0.560. The summed E-state index contributed by atoms with van der Waals surface area (Å²) < 4.78 is 20.7. The normalized spacial score (nSPS) is 42.2. The Morgan fingerprint density at radius 2 is 2.08 bits per heavy atom. The maximum atomic E-state index is 8.93. The zero-order chi connectivity index (χ0) is 8.39. The summed E-state index contributed by atoms with van der Waals surface area (Å²) in [6, 6.07) is 0. The fourth-order valence-electron chi connectivity index (χ4n) is 1.45. The van der Waals surface area contributed by atoms with Crippen LogP contribution in [0.2, 0.25) is 0 Å². The molecule has 1 N–H and O–H groups in total. The molecule has 0 spiro atoms. The minimum Gasteiger partial charge on any atom is -0.394 e. The number of rotatable bonds is 1. The molecule has 0 aromatic rings. The Labute approximate surface area is 70.2 Å². The molecule has 2 fully saturated rings. The van der Waals surface area contributed by atoms with Crippen LogP contribution in [-0.2, 0) is 18.9 Å². The summed E-state index contributed by atoms with van der Waals surface area (Å²) in [6.45, 7) is 0.943. The molecule has 2 aliphatic heterocycles. The summed E-state index contributed by atoms with van der Waals surface area (Å²) in [5.74, 6) is 0. The molecule has 12 heavy (non-hydrogen) atoms. The Morgan fingerprint density at radius 1 is 1.17 bits per heavy atom. The average Bonchev–Trinajstić information content (AvgIpc) is 2.17. The number of aliphatic hydroxyl groups excluding tert-OH is 1. The molecule has 0 aromatic carbocycles. The molecule has 0 saturated carbocycles. The van der Waals surface area contributed by atoms with Gasteiger partial charge in [0.25, 0.3) is 0 Å². The molecule has 2 heterocycles. The largest absolute Gasteiger partial charge is 0.394 e. The van der Waals surface area contributed by atoms with Crippen LogP contribution < -0.4 is 0 Å². The van der Waals surface area contributed by atoms with Crippen LogP contribution in [0, 0.1) is 0 Å². The van der Waals surface area contributed by atoms with Gasteiger partial charge >= 0.3 is 0 Å². The Morgan fingerprint density at radius 3 is 2.92 bits per heavy atom. The third-order valence-corrected chi connectivity index (χ3v) is 2.10. The summed E-state index contributed by atoms with van der Waals surface area (Å²) in [5, 5.41) is 8.93. The van der Waals surface area contributed by atoms with E-state index < -0.39 is 0 Å². The Bertz CT molecular complexity index is 142. The molecule has 0 amide bonds. The second kappa shape index (κ2) is 3.68. The van der Waals surface area contributed by atoms with Crippen molar-refractivity contribution in [1.29, 1.82) is 0 Å². The van der Waals surface area contributed by atoms with Gasteiger partial charge in [0.05, 0.1) is 13.2 Å². The lowest BCUT2D eigenvalue weighted by Crippen LogP contribution is -2.54. The highest BCUT2D eigenvalue weighted by atomic mass is 16.7. The predicted molar refractivity (Wildman–Crippen MR) is 37.4 cm³/mol. The second-order valence-electron chi connectivity index (χ2n) is 2.83. The summed E-state index contributed by atoms with van der Waals surface area (Å²) in [6.07, 6.45) is -0.546. The molecule has 0 bridgehead atoms. The highest BCUT2D eigenvalue weighted by Gasteiger charge is 2.38. The SMILES string of the molecule is OC[C@H]1OCO[C@@H]2COCO[C@H]12. The van der Waals surface area contributed by atoms with Crippen molar-refractivity contribution in [3.63, 3.8) is 0 Å². The van der Waals surface area contributed by atoms with E-state index >= 15 is 0 Å². The van der Waals surface area contributed by atoms with Gasteiger partial charge in [-0.25, -0.2) is 0 Å². The van der Waals surface area contributed by atoms with E-state index in [0.717, 1.165) is 0 Å². The van der Waals surface area contributed by atoms with E-state index in [0.29, 0.717) is 6.61 Å².